The Kier molecular flexibility index (Phi) is 4.10. The molecule has 0 spiro atoms. The first-order chi connectivity index (χ1) is 7.41. The van der Waals surface area contributed by atoms with E-state index in [0.717, 1.165) is 29.9 Å². The Labute approximate surface area is 97.2 Å². The lowest BCUT2D eigenvalue weighted by atomic mass is 10.1. The molecule has 1 aromatic rings. The topological polar surface area (TPSA) is 47.3 Å². The molecule has 1 N–H and O–H groups in total. The lowest BCUT2D eigenvalue weighted by molar-refractivity contribution is 0.0112. The lowest BCUT2D eigenvalue weighted by Crippen LogP contribution is -2.25. The van der Waals surface area contributed by atoms with Crippen LogP contribution in [0.1, 0.15) is 37.2 Å². The minimum Gasteiger partial charge on any atom is -0.392 e. The molecule has 16 heavy (non-hydrogen) atoms. The van der Waals surface area contributed by atoms with E-state index in [1.807, 2.05) is 18.5 Å². The smallest absolute Gasteiger partial charge is 0.0718 e. The monoisotopic (exact) mass is 226 g/mol. The number of aliphatic hydroxyl groups is 1. The zero-order chi connectivity index (χ0) is 12.3. The molecule has 0 saturated heterocycles. The van der Waals surface area contributed by atoms with Crippen molar-refractivity contribution >= 4 is 0 Å². The van der Waals surface area contributed by atoms with E-state index in [9.17, 15) is 5.11 Å². The highest BCUT2D eigenvalue weighted by Gasteiger charge is 2.18. The molecule has 0 atom stereocenters. The Hall–Kier alpha value is -0.870. The maximum atomic E-state index is 9.21. The molecule has 0 unspecified atom stereocenters. The van der Waals surface area contributed by atoms with Gasteiger partial charge in [-0.1, -0.05) is 0 Å². The van der Waals surface area contributed by atoms with Crippen LogP contribution in [0.2, 0.25) is 0 Å². The van der Waals surface area contributed by atoms with Gasteiger partial charge in [0.1, 0.15) is 0 Å². The average Bonchev–Trinajstić information content (AvgIpc) is 2.51. The van der Waals surface area contributed by atoms with E-state index in [2.05, 4.69) is 18.9 Å². The first-order valence-corrected chi connectivity index (χ1v) is 5.60. The zero-order valence-corrected chi connectivity index (χ0v) is 10.9. The van der Waals surface area contributed by atoms with Crippen molar-refractivity contribution in [2.24, 2.45) is 0 Å². The van der Waals surface area contributed by atoms with Crippen LogP contribution in [0.3, 0.4) is 0 Å². The van der Waals surface area contributed by atoms with E-state index in [-0.39, 0.29) is 12.2 Å². The Morgan fingerprint density at radius 2 is 2.00 bits per heavy atom. The second-order valence-electron chi connectivity index (χ2n) is 4.74. The van der Waals surface area contributed by atoms with Crippen LogP contribution in [-0.4, -0.2) is 27.6 Å². The molecule has 0 radical (unpaired) electrons. The number of hydrogen-bond donors (Lipinski definition) is 1. The Bertz CT molecular complexity index is 356. The zero-order valence-electron chi connectivity index (χ0n) is 10.9. The second-order valence-corrected chi connectivity index (χ2v) is 4.74. The summed E-state index contributed by atoms with van der Waals surface area (Å²) in [5.41, 5.74) is 2.77. The van der Waals surface area contributed by atoms with Crippen molar-refractivity contribution in [2.45, 2.75) is 52.9 Å². The number of aliphatic hydroxyl groups excluding tert-OH is 1. The van der Waals surface area contributed by atoms with E-state index in [0.29, 0.717) is 0 Å². The fourth-order valence-corrected chi connectivity index (χ4v) is 1.66. The largest absolute Gasteiger partial charge is 0.392 e. The number of aromatic nitrogens is 2. The first kappa shape index (κ1) is 13.2. The van der Waals surface area contributed by atoms with Gasteiger partial charge < -0.3 is 9.84 Å². The van der Waals surface area contributed by atoms with E-state index in [4.69, 9.17) is 4.74 Å². The quantitative estimate of drug-likeness (QED) is 0.833. The summed E-state index contributed by atoms with van der Waals surface area (Å²) >= 11 is 0. The van der Waals surface area contributed by atoms with Crippen molar-refractivity contribution in [1.29, 1.82) is 0 Å². The van der Waals surface area contributed by atoms with Gasteiger partial charge >= 0.3 is 0 Å². The Morgan fingerprint density at radius 3 is 2.44 bits per heavy atom. The molecular formula is C12H22N2O2. The third-order valence-electron chi connectivity index (χ3n) is 3.17. The third kappa shape index (κ3) is 2.83. The van der Waals surface area contributed by atoms with E-state index in [1.54, 1.807) is 7.11 Å². The van der Waals surface area contributed by atoms with Crippen LogP contribution in [0, 0.1) is 13.8 Å². The summed E-state index contributed by atoms with van der Waals surface area (Å²) in [6.07, 6.45) is 0.899. The molecule has 0 amide bonds. The van der Waals surface area contributed by atoms with Gasteiger partial charge in [0.25, 0.3) is 0 Å². The SMILES string of the molecule is COC(C)(C)CCn1nc(C)c(CO)c1C. The molecule has 1 aromatic heterocycles. The van der Waals surface area contributed by atoms with E-state index >= 15 is 0 Å². The molecular weight excluding hydrogens is 204 g/mol. The summed E-state index contributed by atoms with van der Waals surface area (Å²) in [7, 11) is 1.72. The van der Waals surface area contributed by atoms with Gasteiger partial charge in [0.2, 0.25) is 0 Å². The van der Waals surface area contributed by atoms with Crippen molar-refractivity contribution in [3.63, 3.8) is 0 Å². The Balaban J connectivity index is 2.75. The minimum absolute atomic E-state index is 0.0609. The van der Waals surface area contributed by atoms with Gasteiger partial charge in [0.05, 0.1) is 17.9 Å². The summed E-state index contributed by atoms with van der Waals surface area (Å²) in [4.78, 5) is 0. The predicted octanol–water partition coefficient (Wildman–Crippen LogP) is 1.81. The molecule has 4 nitrogen and oxygen atoms in total. The van der Waals surface area contributed by atoms with Crippen LogP contribution >= 0.6 is 0 Å². The second kappa shape index (κ2) is 4.97. The third-order valence-corrected chi connectivity index (χ3v) is 3.17. The maximum Gasteiger partial charge on any atom is 0.0718 e. The maximum absolute atomic E-state index is 9.21. The highest BCUT2D eigenvalue weighted by Crippen LogP contribution is 2.17. The highest BCUT2D eigenvalue weighted by molar-refractivity contribution is 5.23. The normalized spacial score (nSPS) is 12.1. The molecule has 0 aliphatic heterocycles. The number of aryl methyl sites for hydroxylation is 2. The van der Waals surface area contributed by atoms with Crippen LogP contribution in [0.15, 0.2) is 0 Å². The lowest BCUT2D eigenvalue weighted by Gasteiger charge is -2.22. The van der Waals surface area contributed by atoms with E-state index in [1.165, 1.54) is 0 Å². The summed E-state index contributed by atoms with van der Waals surface area (Å²) in [6, 6.07) is 0. The first-order valence-electron chi connectivity index (χ1n) is 5.60. The van der Waals surface area contributed by atoms with Crippen molar-refractivity contribution < 1.29 is 9.84 Å². The van der Waals surface area contributed by atoms with Crippen LogP contribution in [-0.2, 0) is 17.9 Å². The van der Waals surface area contributed by atoms with Crippen LogP contribution in [0.5, 0.6) is 0 Å². The van der Waals surface area contributed by atoms with Crippen LogP contribution < -0.4 is 0 Å². The van der Waals surface area contributed by atoms with Gasteiger partial charge in [-0.3, -0.25) is 4.68 Å². The van der Waals surface area contributed by atoms with E-state index < -0.39 is 0 Å². The van der Waals surface area contributed by atoms with Gasteiger partial charge in [-0.05, 0) is 34.1 Å². The molecule has 1 rings (SSSR count). The molecule has 92 valence electrons. The van der Waals surface area contributed by atoms with Gasteiger partial charge in [-0.2, -0.15) is 5.10 Å². The molecule has 0 fully saturated rings. The van der Waals surface area contributed by atoms with Crippen LogP contribution in [0.4, 0.5) is 0 Å². The number of ether oxygens (including phenoxy) is 1. The number of nitrogens with zero attached hydrogens (tertiary/aromatic N) is 2. The number of rotatable bonds is 5. The predicted molar refractivity (Wildman–Crippen MR) is 63.3 cm³/mol. The molecule has 1 heterocycles. The fraction of sp³-hybridized carbons (Fsp3) is 0.750. The summed E-state index contributed by atoms with van der Waals surface area (Å²) in [5.74, 6) is 0. The fourth-order valence-electron chi connectivity index (χ4n) is 1.66. The van der Waals surface area contributed by atoms with Crippen molar-refractivity contribution in [1.82, 2.24) is 9.78 Å². The van der Waals surface area contributed by atoms with Crippen LogP contribution in [0.25, 0.3) is 0 Å². The molecule has 0 aliphatic rings. The molecule has 4 heteroatoms. The van der Waals surface area contributed by atoms with Gasteiger partial charge in [0, 0.05) is 24.9 Å². The van der Waals surface area contributed by atoms with Crippen molar-refractivity contribution in [3.05, 3.63) is 17.0 Å². The van der Waals surface area contributed by atoms with Gasteiger partial charge in [0.15, 0.2) is 0 Å². The summed E-state index contributed by atoms with van der Waals surface area (Å²) in [5, 5.41) is 13.6. The summed E-state index contributed by atoms with van der Waals surface area (Å²) < 4.78 is 7.32. The van der Waals surface area contributed by atoms with Crippen molar-refractivity contribution in [3.8, 4) is 0 Å². The number of methoxy groups -OCH3 is 1. The standard InChI is InChI=1S/C12H22N2O2/c1-9-11(8-15)10(2)14(13-9)7-6-12(3,4)16-5/h15H,6-8H2,1-5H3. The molecule has 0 aliphatic carbocycles. The van der Waals surface area contributed by atoms with Crippen molar-refractivity contribution in [2.75, 3.05) is 7.11 Å². The number of hydrogen-bond acceptors (Lipinski definition) is 3. The highest BCUT2D eigenvalue weighted by atomic mass is 16.5. The van der Waals surface area contributed by atoms with Gasteiger partial charge in [-0.15, -0.1) is 0 Å². The average molecular weight is 226 g/mol. The minimum atomic E-state index is -0.133. The van der Waals surface area contributed by atoms with Gasteiger partial charge in [-0.25, -0.2) is 0 Å². The summed E-state index contributed by atoms with van der Waals surface area (Å²) in [6.45, 7) is 8.91. The molecule has 0 saturated carbocycles. The molecule has 0 aromatic carbocycles. The molecule has 0 bridgehead atoms. The Morgan fingerprint density at radius 1 is 1.38 bits per heavy atom.